The number of benzene rings is 9. The Hall–Kier alpha value is -5.46. The molecule has 0 nitrogen and oxygen atoms in total. The fourth-order valence-electron chi connectivity index (χ4n) is 6.97. The molecule has 0 heterocycles. The molecule has 9 aromatic carbocycles. The quantitative estimate of drug-likeness (QED) is 0.199. The van der Waals surface area contributed by atoms with Crippen molar-refractivity contribution in [1.29, 1.82) is 0 Å². The van der Waals surface area contributed by atoms with Gasteiger partial charge in [0.15, 0.2) is 0 Å². The molecule has 0 saturated carbocycles. The summed E-state index contributed by atoms with van der Waals surface area (Å²) in [5, 5.41) is 13.0. The van der Waals surface area contributed by atoms with Crippen LogP contribution in [0, 0.1) is 0 Å². The number of hydrogen-bond donors (Lipinski definition) is 0. The van der Waals surface area contributed by atoms with Crippen LogP contribution in [0.3, 0.4) is 0 Å². The van der Waals surface area contributed by atoms with Gasteiger partial charge in [-0.25, -0.2) is 0 Å². The van der Waals surface area contributed by atoms with Crippen molar-refractivity contribution in [2.24, 2.45) is 0 Å². The van der Waals surface area contributed by atoms with Gasteiger partial charge in [0.1, 0.15) is 0 Å². The lowest BCUT2D eigenvalue weighted by molar-refractivity contribution is 1.63. The first-order chi connectivity index (χ1) is 20.8. The predicted molar refractivity (Wildman–Crippen MR) is 181 cm³/mol. The van der Waals surface area contributed by atoms with Gasteiger partial charge in [-0.2, -0.15) is 0 Å². The molecule has 0 amide bonds. The van der Waals surface area contributed by atoms with Gasteiger partial charge in [-0.3, -0.25) is 0 Å². The lowest BCUT2D eigenvalue weighted by Crippen LogP contribution is -1.90. The lowest BCUT2D eigenvalue weighted by atomic mass is 9.87. The van der Waals surface area contributed by atoms with Crippen LogP contribution in [-0.2, 0) is 0 Å². The predicted octanol–water partition coefficient (Wildman–Crippen LogP) is 11.9. The maximum absolute atomic E-state index is 2.32. The Kier molecular flexibility index (Phi) is 5.00. The molecule has 0 radical (unpaired) electrons. The van der Waals surface area contributed by atoms with Gasteiger partial charge < -0.3 is 0 Å². The summed E-state index contributed by atoms with van der Waals surface area (Å²) in [7, 11) is 0. The fraction of sp³-hybridized carbons (Fsp3) is 0. The zero-order chi connectivity index (χ0) is 27.6. The molecular weight excluding hydrogens is 504 g/mol. The largest absolute Gasteiger partial charge is 0.0616 e. The van der Waals surface area contributed by atoms with E-state index < -0.39 is 0 Å². The second-order valence-corrected chi connectivity index (χ2v) is 11.3. The molecule has 0 fully saturated rings. The minimum absolute atomic E-state index is 1.24. The van der Waals surface area contributed by atoms with E-state index in [1.165, 1.54) is 87.2 Å². The van der Waals surface area contributed by atoms with E-state index in [2.05, 4.69) is 158 Å². The van der Waals surface area contributed by atoms with Crippen LogP contribution in [0.25, 0.3) is 87.2 Å². The minimum Gasteiger partial charge on any atom is -0.0616 e. The van der Waals surface area contributed by atoms with E-state index in [0.29, 0.717) is 0 Å². The fourth-order valence-corrected chi connectivity index (χ4v) is 6.97. The molecule has 0 unspecified atom stereocenters. The van der Waals surface area contributed by atoms with Crippen molar-refractivity contribution in [3.05, 3.63) is 158 Å². The molecule has 9 aromatic rings. The Labute approximate surface area is 244 Å². The zero-order valence-electron chi connectivity index (χ0n) is 23.0. The second-order valence-electron chi connectivity index (χ2n) is 11.3. The second kappa shape index (κ2) is 9.03. The zero-order valence-corrected chi connectivity index (χ0v) is 23.0. The molecule has 0 saturated heterocycles. The third-order valence-corrected chi connectivity index (χ3v) is 9.02. The van der Waals surface area contributed by atoms with Gasteiger partial charge in [-0.1, -0.05) is 152 Å². The summed E-state index contributed by atoms with van der Waals surface area (Å²) >= 11 is 0. The van der Waals surface area contributed by atoms with Gasteiger partial charge in [0.25, 0.3) is 0 Å². The summed E-state index contributed by atoms with van der Waals surface area (Å²) in [5.41, 5.74) is 7.58. The number of fused-ring (bicyclic) bond motifs is 2. The molecule has 42 heavy (non-hydrogen) atoms. The highest BCUT2D eigenvalue weighted by Crippen LogP contribution is 2.43. The van der Waals surface area contributed by atoms with Gasteiger partial charge in [-0.15, -0.1) is 0 Å². The van der Waals surface area contributed by atoms with Gasteiger partial charge in [0.2, 0.25) is 0 Å². The van der Waals surface area contributed by atoms with Crippen molar-refractivity contribution in [3.63, 3.8) is 0 Å². The molecule has 0 atom stereocenters. The summed E-state index contributed by atoms with van der Waals surface area (Å²) in [6.45, 7) is 0. The topological polar surface area (TPSA) is 0 Å². The Morgan fingerprint density at radius 1 is 0.238 bits per heavy atom. The average Bonchev–Trinajstić information content (AvgIpc) is 3.06. The van der Waals surface area contributed by atoms with Gasteiger partial charge in [0, 0.05) is 0 Å². The molecule has 0 spiro atoms. The van der Waals surface area contributed by atoms with E-state index in [-0.39, 0.29) is 0 Å². The maximum atomic E-state index is 2.32. The molecule has 9 rings (SSSR count). The Morgan fingerprint density at radius 2 is 0.714 bits per heavy atom. The normalized spacial score (nSPS) is 11.8. The Balaban J connectivity index is 1.22. The standard InChI is InChI=1S/C42H26/c1-2-8-33-26-34(17-12-27(33)6-1)38-23-19-32-20-24-39-37(22-18-31-21-25-40(38)42(32)41(31)39)30-15-13-29(14-16-30)36-11-5-9-28-7-3-4-10-35(28)36/h1-26H. The van der Waals surface area contributed by atoms with E-state index >= 15 is 0 Å². The molecule has 0 aliphatic rings. The first-order valence-electron chi connectivity index (χ1n) is 14.6. The third kappa shape index (κ3) is 3.49. The van der Waals surface area contributed by atoms with Crippen LogP contribution >= 0.6 is 0 Å². The van der Waals surface area contributed by atoms with Crippen molar-refractivity contribution in [2.75, 3.05) is 0 Å². The lowest BCUT2D eigenvalue weighted by Gasteiger charge is -2.17. The SMILES string of the molecule is c1ccc2cc(-c3ccc4ccc5c(-c6ccc(-c7cccc8ccccc78)cc6)ccc6ccc3c4c65)ccc2c1. The van der Waals surface area contributed by atoms with E-state index in [9.17, 15) is 0 Å². The average molecular weight is 531 g/mol. The van der Waals surface area contributed by atoms with Gasteiger partial charge >= 0.3 is 0 Å². The van der Waals surface area contributed by atoms with Crippen LogP contribution in [0.5, 0.6) is 0 Å². The third-order valence-electron chi connectivity index (χ3n) is 9.02. The maximum Gasteiger partial charge on any atom is -0.00203 e. The van der Waals surface area contributed by atoms with E-state index in [4.69, 9.17) is 0 Å². The molecular formula is C42H26. The van der Waals surface area contributed by atoms with Crippen molar-refractivity contribution in [3.8, 4) is 33.4 Å². The van der Waals surface area contributed by atoms with Gasteiger partial charge in [0.05, 0.1) is 0 Å². The molecule has 0 N–H and O–H groups in total. The van der Waals surface area contributed by atoms with Gasteiger partial charge in [-0.05, 0) is 93.3 Å². The van der Waals surface area contributed by atoms with Crippen molar-refractivity contribution in [1.82, 2.24) is 0 Å². The van der Waals surface area contributed by atoms with Crippen LogP contribution in [0.1, 0.15) is 0 Å². The summed E-state index contributed by atoms with van der Waals surface area (Å²) in [6.07, 6.45) is 0. The molecule has 0 heteroatoms. The highest BCUT2D eigenvalue weighted by atomic mass is 14.2. The van der Waals surface area contributed by atoms with E-state index in [1.54, 1.807) is 0 Å². The molecule has 0 aliphatic carbocycles. The summed E-state index contributed by atoms with van der Waals surface area (Å²) < 4.78 is 0. The van der Waals surface area contributed by atoms with Crippen LogP contribution in [0.2, 0.25) is 0 Å². The van der Waals surface area contributed by atoms with Crippen LogP contribution < -0.4 is 0 Å². The minimum atomic E-state index is 1.24. The van der Waals surface area contributed by atoms with Crippen molar-refractivity contribution in [2.45, 2.75) is 0 Å². The molecule has 194 valence electrons. The summed E-state index contributed by atoms with van der Waals surface area (Å²) in [5.74, 6) is 0. The van der Waals surface area contributed by atoms with Crippen LogP contribution in [0.4, 0.5) is 0 Å². The first-order valence-corrected chi connectivity index (χ1v) is 14.6. The van der Waals surface area contributed by atoms with Crippen LogP contribution in [-0.4, -0.2) is 0 Å². The smallest absolute Gasteiger partial charge is 0.00203 e. The highest BCUT2D eigenvalue weighted by molar-refractivity contribution is 6.27. The van der Waals surface area contributed by atoms with Crippen molar-refractivity contribution < 1.29 is 0 Å². The number of hydrogen-bond acceptors (Lipinski definition) is 0. The molecule has 0 bridgehead atoms. The first kappa shape index (κ1) is 23.3. The summed E-state index contributed by atoms with van der Waals surface area (Å²) in [6, 6.07) is 58.1. The van der Waals surface area contributed by atoms with Crippen LogP contribution in [0.15, 0.2) is 158 Å². The monoisotopic (exact) mass is 530 g/mol. The highest BCUT2D eigenvalue weighted by Gasteiger charge is 2.15. The van der Waals surface area contributed by atoms with Crippen molar-refractivity contribution >= 4 is 53.9 Å². The molecule has 0 aliphatic heterocycles. The number of rotatable bonds is 3. The van der Waals surface area contributed by atoms with E-state index in [0.717, 1.165) is 0 Å². The Morgan fingerprint density at radius 3 is 1.40 bits per heavy atom. The molecule has 0 aromatic heterocycles. The summed E-state index contributed by atoms with van der Waals surface area (Å²) in [4.78, 5) is 0. The van der Waals surface area contributed by atoms with E-state index in [1.807, 2.05) is 0 Å². The Bertz CT molecular complexity index is 2440.